The maximum Gasteiger partial charge on any atom is 0.275 e. The first-order valence-electron chi connectivity index (χ1n) is 7.55. The molecule has 2 heterocycles. The highest BCUT2D eigenvalue weighted by molar-refractivity contribution is 7.90. The Labute approximate surface area is 140 Å². The summed E-state index contributed by atoms with van der Waals surface area (Å²) in [6.45, 7) is 0.554. The third kappa shape index (κ3) is 3.51. The number of hydrogen-bond donors (Lipinski definition) is 0. The minimum atomic E-state index is -3.22. The number of benzene rings is 1. The van der Waals surface area contributed by atoms with Crippen LogP contribution in [0.25, 0.3) is 0 Å². The summed E-state index contributed by atoms with van der Waals surface area (Å²) in [5, 5.41) is 5.89. The predicted octanol–water partition coefficient (Wildman–Crippen LogP) is 2.13. The van der Waals surface area contributed by atoms with Crippen LogP contribution in [0.15, 0.2) is 58.8 Å². The molecular formula is C17H17N3O3S. The number of sulfone groups is 1. The van der Waals surface area contributed by atoms with Gasteiger partial charge in [-0.3, -0.25) is 9.78 Å². The monoisotopic (exact) mass is 343 g/mol. The molecule has 0 spiro atoms. The van der Waals surface area contributed by atoms with E-state index in [0.717, 1.165) is 24.1 Å². The highest BCUT2D eigenvalue weighted by Gasteiger charge is 2.21. The first-order chi connectivity index (χ1) is 11.4. The summed E-state index contributed by atoms with van der Waals surface area (Å²) in [5.41, 5.74) is 2.10. The van der Waals surface area contributed by atoms with Gasteiger partial charge in [-0.1, -0.05) is 12.1 Å². The quantitative estimate of drug-likeness (QED) is 0.855. The van der Waals surface area contributed by atoms with E-state index in [2.05, 4.69) is 10.1 Å². The fourth-order valence-electron chi connectivity index (χ4n) is 2.52. The van der Waals surface area contributed by atoms with Crippen molar-refractivity contribution in [3.8, 4) is 0 Å². The molecule has 0 fully saturated rings. The average Bonchev–Trinajstić information content (AvgIpc) is 2.61. The van der Waals surface area contributed by atoms with Gasteiger partial charge in [-0.05, 0) is 42.7 Å². The molecule has 1 amide bonds. The molecule has 24 heavy (non-hydrogen) atoms. The SMILES string of the molecule is CS(=O)(=O)c1ccc(C2=NN(C(=O)c3cccnc3)CCC2)cc1. The lowest BCUT2D eigenvalue weighted by atomic mass is 10.0. The number of carbonyl (C=O) groups is 1. The third-order valence-corrected chi connectivity index (χ3v) is 4.91. The zero-order chi connectivity index (χ0) is 17.2. The smallest absolute Gasteiger partial charge is 0.267 e. The van der Waals surface area contributed by atoms with Crippen LogP contribution in [-0.4, -0.2) is 42.8 Å². The van der Waals surface area contributed by atoms with Crippen LogP contribution in [0, 0.1) is 0 Å². The second-order valence-electron chi connectivity index (χ2n) is 5.62. The molecule has 0 bridgehead atoms. The Morgan fingerprint density at radius 3 is 2.54 bits per heavy atom. The minimum Gasteiger partial charge on any atom is -0.267 e. The molecular weight excluding hydrogens is 326 g/mol. The molecule has 0 saturated heterocycles. The third-order valence-electron chi connectivity index (χ3n) is 3.78. The van der Waals surface area contributed by atoms with Gasteiger partial charge in [0, 0.05) is 25.2 Å². The zero-order valence-electron chi connectivity index (χ0n) is 13.2. The van der Waals surface area contributed by atoms with Crippen LogP contribution < -0.4 is 0 Å². The molecule has 1 aliphatic rings. The second kappa shape index (κ2) is 6.52. The van der Waals surface area contributed by atoms with E-state index < -0.39 is 9.84 Å². The summed E-state index contributed by atoms with van der Waals surface area (Å²) in [6.07, 6.45) is 5.86. The molecule has 6 nitrogen and oxygen atoms in total. The lowest BCUT2D eigenvalue weighted by Crippen LogP contribution is -2.32. The molecule has 1 aromatic carbocycles. The Bertz CT molecular complexity index is 875. The molecule has 2 aromatic rings. The number of hydrogen-bond acceptors (Lipinski definition) is 5. The van der Waals surface area contributed by atoms with E-state index in [1.54, 1.807) is 42.6 Å². The molecule has 0 atom stereocenters. The van der Waals surface area contributed by atoms with Gasteiger partial charge < -0.3 is 0 Å². The van der Waals surface area contributed by atoms with E-state index in [1.807, 2.05) is 0 Å². The minimum absolute atomic E-state index is 0.187. The Hall–Kier alpha value is -2.54. The van der Waals surface area contributed by atoms with E-state index in [4.69, 9.17) is 0 Å². The molecule has 1 aliphatic heterocycles. The van der Waals surface area contributed by atoms with Crippen LogP contribution in [-0.2, 0) is 9.84 Å². The van der Waals surface area contributed by atoms with Crippen molar-refractivity contribution in [2.75, 3.05) is 12.8 Å². The van der Waals surface area contributed by atoms with Crippen molar-refractivity contribution in [3.63, 3.8) is 0 Å². The molecule has 0 unspecified atom stereocenters. The lowest BCUT2D eigenvalue weighted by molar-refractivity contribution is 0.0751. The van der Waals surface area contributed by atoms with E-state index in [9.17, 15) is 13.2 Å². The second-order valence-corrected chi connectivity index (χ2v) is 7.63. The van der Waals surface area contributed by atoms with Crippen molar-refractivity contribution < 1.29 is 13.2 Å². The largest absolute Gasteiger partial charge is 0.275 e. The van der Waals surface area contributed by atoms with Crippen molar-refractivity contribution >= 4 is 21.5 Å². The fraction of sp³-hybridized carbons (Fsp3) is 0.235. The first kappa shape index (κ1) is 16.3. The van der Waals surface area contributed by atoms with Crippen molar-refractivity contribution in [3.05, 3.63) is 59.9 Å². The van der Waals surface area contributed by atoms with Crippen LogP contribution in [0.4, 0.5) is 0 Å². The summed E-state index contributed by atoms with van der Waals surface area (Å²) in [4.78, 5) is 16.7. The Balaban J connectivity index is 1.86. The van der Waals surface area contributed by atoms with Crippen molar-refractivity contribution in [2.24, 2.45) is 5.10 Å². The summed E-state index contributed by atoms with van der Waals surface area (Å²) < 4.78 is 23.1. The maximum atomic E-state index is 12.5. The van der Waals surface area contributed by atoms with Gasteiger partial charge in [0.1, 0.15) is 0 Å². The molecule has 0 N–H and O–H groups in total. The van der Waals surface area contributed by atoms with Gasteiger partial charge in [0.25, 0.3) is 5.91 Å². The van der Waals surface area contributed by atoms with Crippen LogP contribution >= 0.6 is 0 Å². The molecule has 124 valence electrons. The summed E-state index contributed by atoms with van der Waals surface area (Å²) >= 11 is 0. The van der Waals surface area contributed by atoms with Crippen LogP contribution in [0.1, 0.15) is 28.8 Å². The summed E-state index contributed by atoms with van der Waals surface area (Å²) in [5.74, 6) is -0.187. The lowest BCUT2D eigenvalue weighted by Gasteiger charge is -2.23. The molecule has 0 radical (unpaired) electrons. The maximum absolute atomic E-state index is 12.5. The van der Waals surface area contributed by atoms with E-state index in [-0.39, 0.29) is 10.8 Å². The molecule has 0 aliphatic carbocycles. The zero-order valence-corrected chi connectivity index (χ0v) is 14.0. The topological polar surface area (TPSA) is 79.7 Å². The predicted molar refractivity (Wildman–Crippen MR) is 90.6 cm³/mol. The first-order valence-corrected chi connectivity index (χ1v) is 9.44. The normalized spacial score (nSPS) is 15.0. The number of amides is 1. The van der Waals surface area contributed by atoms with Crippen LogP contribution in [0.2, 0.25) is 0 Å². The number of rotatable bonds is 3. The van der Waals surface area contributed by atoms with Gasteiger partial charge in [-0.2, -0.15) is 5.10 Å². The number of hydrazone groups is 1. The highest BCUT2D eigenvalue weighted by atomic mass is 32.2. The molecule has 1 aromatic heterocycles. The fourth-order valence-corrected chi connectivity index (χ4v) is 3.15. The summed E-state index contributed by atoms with van der Waals surface area (Å²) in [6, 6.07) is 10.0. The van der Waals surface area contributed by atoms with Gasteiger partial charge in [-0.25, -0.2) is 13.4 Å². The standard InChI is InChI=1S/C17H17N3O3S/c1-24(22,23)15-8-6-13(7-9-15)16-5-3-11-20(19-16)17(21)14-4-2-10-18-12-14/h2,4,6-10,12H,3,5,11H2,1H3. The van der Waals surface area contributed by atoms with Gasteiger partial charge >= 0.3 is 0 Å². The van der Waals surface area contributed by atoms with Gasteiger partial charge in [0.2, 0.25) is 0 Å². The van der Waals surface area contributed by atoms with Crippen molar-refractivity contribution in [1.82, 2.24) is 9.99 Å². The van der Waals surface area contributed by atoms with Crippen molar-refractivity contribution in [1.29, 1.82) is 0 Å². The Kier molecular flexibility index (Phi) is 4.44. The number of pyridine rings is 1. The molecule has 3 rings (SSSR count). The number of carbonyl (C=O) groups excluding carboxylic acids is 1. The highest BCUT2D eigenvalue weighted by Crippen LogP contribution is 2.18. The summed E-state index contributed by atoms with van der Waals surface area (Å²) in [7, 11) is -3.22. The van der Waals surface area contributed by atoms with Crippen molar-refractivity contribution in [2.45, 2.75) is 17.7 Å². The van der Waals surface area contributed by atoms with E-state index in [0.29, 0.717) is 12.1 Å². The van der Waals surface area contributed by atoms with Gasteiger partial charge in [0.05, 0.1) is 16.2 Å². The van der Waals surface area contributed by atoms with Crippen LogP contribution in [0.3, 0.4) is 0 Å². The molecule has 0 saturated carbocycles. The number of aromatic nitrogens is 1. The average molecular weight is 343 g/mol. The van der Waals surface area contributed by atoms with Crippen LogP contribution in [0.5, 0.6) is 0 Å². The van der Waals surface area contributed by atoms with Gasteiger partial charge in [-0.15, -0.1) is 0 Å². The van der Waals surface area contributed by atoms with E-state index in [1.165, 1.54) is 17.5 Å². The van der Waals surface area contributed by atoms with E-state index >= 15 is 0 Å². The molecule has 7 heteroatoms. The Morgan fingerprint density at radius 1 is 1.17 bits per heavy atom. The number of nitrogens with zero attached hydrogens (tertiary/aromatic N) is 3. The van der Waals surface area contributed by atoms with Gasteiger partial charge in [0.15, 0.2) is 9.84 Å². The Morgan fingerprint density at radius 2 is 1.92 bits per heavy atom.